The van der Waals surface area contributed by atoms with Crippen LogP contribution in [0.2, 0.25) is 0 Å². The lowest BCUT2D eigenvalue weighted by Crippen LogP contribution is -2.47. The molecule has 2 aromatic rings. The molecule has 0 saturated heterocycles. The molecule has 0 aromatic heterocycles. The summed E-state index contributed by atoms with van der Waals surface area (Å²) >= 11 is 3.48. The molecule has 1 atom stereocenters. The molecule has 2 amide bonds. The number of aryl methyl sites for hydroxylation is 1. The molecule has 1 aliphatic heterocycles. The van der Waals surface area contributed by atoms with Gasteiger partial charge in [-0.2, -0.15) is 0 Å². The van der Waals surface area contributed by atoms with Crippen molar-refractivity contribution in [1.82, 2.24) is 10.2 Å². The van der Waals surface area contributed by atoms with E-state index < -0.39 is 6.04 Å². The molecule has 0 radical (unpaired) electrons. The first-order valence-corrected chi connectivity index (χ1v) is 11.5. The van der Waals surface area contributed by atoms with E-state index in [9.17, 15) is 9.59 Å². The Bertz CT molecular complexity index is 918. The Hall–Kier alpha value is -2.54. The van der Waals surface area contributed by atoms with E-state index in [4.69, 9.17) is 9.47 Å². The number of amides is 2. The molecular formula is C24H29BrN2O4. The number of nitrogens with one attached hydrogen (secondary N) is 1. The number of ether oxygens (including phenoxy) is 2. The second kappa shape index (κ2) is 11.2. The molecule has 6 nitrogen and oxygen atoms in total. The summed E-state index contributed by atoms with van der Waals surface area (Å²) in [5.41, 5.74) is 1.97. The molecule has 1 N–H and O–H groups in total. The van der Waals surface area contributed by atoms with Crippen LogP contribution in [0.5, 0.6) is 11.5 Å². The van der Waals surface area contributed by atoms with Gasteiger partial charge in [0.25, 0.3) is 0 Å². The lowest BCUT2D eigenvalue weighted by Gasteiger charge is -2.29. The van der Waals surface area contributed by atoms with Gasteiger partial charge < -0.3 is 19.7 Å². The minimum absolute atomic E-state index is 0.0611. The zero-order valence-electron chi connectivity index (χ0n) is 18.0. The minimum Gasteiger partial charge on any atom is -0.486 e. The number of carbonyl (C=O) groups is 2. The first-order chi connectivity index (χ1) is 15.0. The predicted octanol–water partition coefficient (Wildman–Crippen LogP) is 4.10. The highest BCUT2D eigenvalue weighted by Crippen LogP contribution is 2.31. The van der Waals surface area contributed by atoms with Gasteiger partial charge in [0.1, 0.15) is 19.3 Å². The lowest BCUT2D eigenvalue weighted by atomic mass is 10.1. The van der Waals surface area contributed by atoms with Crippen LogP contribution in [0.15, 0.2) is 46.9 Å². The van der Waals surface area contributed by atoms with Crippen molar-refractivity contribution in [3.8, 4) is 11.5 Å². The van der Waals surface area contributed by atoms with Crippen LogP contribution in [0.25, 0.3) is 0 Å². The SMILES string of the molecule is CCCNC(=O)C(C)N(Cc1cccc(Br)c1)C(=O)CCc1ccc2c(c1)OCCO2. The summed E-state index contributed by atoms with van der Waals surface area (Å²) < 4.78 is 12.1. The van der Waals surface area contributed by atoms with E-state index in [1.165, 1.54) is 0 Å². The Labute approximate surface area is 192 Å². The Morgan fingerprint density at radius 3 is 2.61 bits per heavy atom. The van der Waals surface area contributed by atoms with Crippen LogP contribution in [0.1, 0.15) is 37.8 Å². The number of halogens is 1. The molecule has 31 heavy (non-hydrogen) atoms. The zero-order chi connectivity index (χ0) is 22.2. The predicted molar refractivity (Wildman–Crippen MR) is 123 cm³/mol. The van der Waals surface area contributed by atoms with Gasteiger partial charge in [-0.05, 0) is 55.2 Å². The first kappa shape index (κ1) is 23.1. The molecule has 0 saturated carbocycles. The fraction of sp³-hybridized carbons (Fsp3) is 0.417. The van der Waals surface area contributed by atoms with Crippen molar-refractivity contribution in [2.45, 2.75) is 45.7 Å². The number of hydrogen-bond acceptors (Lipinski definition) is 4. The average molecular weight is 489 g/mol. The van der Waals surface area contributed by atoms with Gasteiger partial charge in [0.05, 0.1) is 0 Å². The standard InChI is InChI=1S/C24H29BrN2O4/c1-3-11-26-24(29)17(2)27(16-19-5-4-6-20(25)14-19)23(28)10-8-18-7-9-21-22(15-18)31-13-12-30-21/h4-7,9,14-15,17H,3,8,10-13,16H2,1-2H3,(H,26,29). The largest absolute Gasteiger partial charge is 0.486 e. The lowest BCUT2D eigenvalue weighted by molar-refractivity contribution is -0.140. The normalized spacial score (nSPS) is 13.4. The third-order valence-corrected chi connectivity index (χ3v) is 5.69. The highest BCUT2D eigenvalue weighted by molar-refractivity contribution is 9.10. The van der Waals surface area contributed by atoms with E-state index in [0.717, 1.165) is 33.5 Å². The Morgan fingerprint density at radius 1 is 1.10 bits per heavy atom. The van der Waals surface area contributed by atoms with Gasteiger partial charge in [-0.15, -0.1) is 0 Å². The third kappa shape index (κ3) is 6.47. The monoisotopic (exact) mass is 488 g/mol. The summed E-state index contributed by atoms with van der Waals surface area (Å²) in [5, 5.41) is 2.90. The summed E-state index contributed by atoms with van der Waals surface area (Å²) in [7, 11) is 0. The van der Waals surface area contributed by atoms with E-state index in [1.54, 1.807) is 11.8 Å². The Balaban J connectivity index is 1.70. The van der Waals surface area contributed by atoms with Crippen molar-refractivity contribution < 1.29 is 19.1 Å². The molecular weight excluding hydrogens is 460 g/mol. The number of rotatable bonds is 9. The minimum atomic E-state index is -0.557. The van der Waals surface area contributed by atoms with Crippen molar-refractivity contribution >= 4 is 27.7 Å². The van der Waals surface area contributed by atoms with Crippen LogP contribution in [0, 0.1) is 0 Å². The van der Waals surface area contributed by atoms with E-state index in [-0.39, 0.29) is 11.8 Å². The number of carbonyl (C=O) groups excluding carboxylic acids is 2. The Morgan fingerprint density at radius 2 is 1.87 bits per heavy atom. The van der Waals surface area contributed by atoms with Crippen molar-refractivity contribution in [3.05, 3.63) is 58.1 Å². The molecule has 0 fully saturated rings. The van der Waals surface area contributed by atoms with Crippen LogP contribution in [0.4, 0.5) is 0 Å². The first-order valence-electron chi connectivity index (χ1n) is 10.7. The summed E-state index contributed by atoms with van der Waals surface area (Å²) in [6.07, 6.45) is 1.72. The van der Waals surface area contributed by atoms with E-state index in [1.807, 2.05) is 49.4 Å². The molecule has 0 aliphatic carbocycles. The third-order valence-electron chi connectivity index (χ3n) is 5.19. The van der Waals surface area contributed by atoms with E-state index in [2.05, 4.69) is 21.2 Å². The number of hydrogen-bond donors (Lipinski definition) is 1. The molecule has 2 aromatic carbocycles. The van der Waals surface area contributed by atoms with Crippen LogP contribution >= 0.6 is 15.9 Å². The van der Waals surface area contributed by atoms with E-state index in [0.29, 0.717) is 39.1 Å². The molecule has 166 valence electrons. The maximum absolute atomic E-state index is 13.2. The summed E-state index contributed by atoms with van der Waals surface area (Å²) in [6, 6.07) is 13.0. The highest BCUT2D eigenvalue weighted by atomic mass is 79.9. The number of benzene rings is 2. The summed E-state index contributed by atoms with van der Waals surface area (Å²) in [4.78, 5) is 27.4. The second-order valence-corrected chi connectivity index (χ2v) is 8.51. The number of nitrogens with zero attached hydrogens (tertiary/aromatic N) is 1. The maximum atomic E-state index is 13.2. The quantitative estimate of drug-likeness (QED) is 0.576. The fourth-order valence-electron chi connectivity index (χ4n) is 3.45. The molecule has 1 unspecified atom stereocenters. The highest BCUT2D eigenvalue weighted by Gasteiger charge is 2.26. The van der Waals surface area contributed by atoms with Gasteiger partial charge in [-0.25, -0.2) is 0 Å². The topological polar surface area (TPSA) is 67.9 Å². The maximum Gasteiger partial charge on any atom is 0.242 e. The van der Waals surface area contributed by atoms with Crippen molar-refractivity contribution in [1.29, 1.82) is 0 Å². The van der Waals surface area contributed by atoms with Gasteiger partial charge in [-0.3, -0.25) is 9.59 Å². The zero-order valence-corrected chi connectivity index (χ0v) is 19.6. The molecule has 0 bridgehead atoms. The van der Waals surface area contributed by atoms with Crippen molar-refractivity contribution in [3.63, 3.8) is 0 Å². The van der Waals surface area contributed by atoms with Gasteiger partial charge in [0, 0.05) is 24.0 Å². The Kier molecular flexibility index (Phi) is 8.35. The van der Waals surface area contributed by atoms with Gasteiger partial charge >= 0.3 is 0 Å². The van der Waals surface area contributed by atoms with Crippen molar-refractivity contribution in [2.75, 3.05) is 19.8 Å². The molecule has 3 rings (SSSR count). The van der Waals surface area contributed by atoms with Crippen LogP contribution in [-0.4, -0.2) is 42.5 Å². The average Bonchev–Trinajstić information content (AvgIpc) is 2.78. The van der Waals surface area contributed by atoms with Gasteiger partial charge in [0.15, 0.2) is 11.5 Å². The van der Waals surface area contributed by atoms with Crippen LogP contribution in [-0.2, 0) is 22.6 Å². The summed E-state index contributed by atoms with van der Waals surface area (Å²) in [6.45, 7) is 5.83. The molecule has 1 heterocycles. The molecule has 7 heteroatoms. The van der Waals surface area contributed by atoms with E-state index >= 15 is 0 Å². The van der Waals surface area contributed by atoms with Crippen LogP contribution in [0.3, 0.4) is 0 Å². The van der Waals surface area contributed by atoms with Crippen LogP contribution < -0.4 is 14.8 Å². The number of fused-ring (bicyclic) bond motifs is 1. The van der Waals surface area contributed by atoms with Gasteiger partial charge in [0.2, 0.25) is 11.8 Å². The smallest absolute Gasteiger partial charge is 0.242 e. The summed E-state index contributed by atoms with van der Waals surface area (Å²) in [5.74, 6) is 1.26. The van der Waals surface area contributed by atoms with Gasteiger partial charge in [-0.1, -0.05) is 41.1 Å². The molecule has 1 aliphatic rings. The molecule has 0 spiro atoms. The second-order valence-electron chi connectivity index (χ2n) is 7.60. The fourth-order valence-corrected chi connectivity index (χ4v) is 3.90. The van der Waals surface area contributed by atoms with Crippen molar-refractivity contribution in [2.24, 2.45) is 0 Å².